The van der Waals surface area contributed by atoms with Gasteiger partial charge in [-0.15, -0.1) is 11.3 Å². The van der Waals surface area contributed by atoms with Crippen LogP contribution >= 0.6 is 11.3 Å². The normalized spacial score (nSPS) is 10.6. The topological polar surface area (TPSA) is 48.1 Å². The Hall–Kier alpha value is -1.53. The maximum atomic E-state index is 12.9. The highest BCUT2D eigenvalue weighted by molar-refractivity contribution is 7.09. The molecule has 0 saturated carbocycles. The Morgan fingerprint density at radius 2 is 2.11 bits per heavy atom. The average Bonchev–Trinajstić information content (AvgIpc) is 2.79. The van der Waals surface area contributed by atoms with Crippen molar-refractivity contribution < 1.29 is 13.5 Å². The van der Waals surface area contributed by atoms with Gasteiger partial charge in [0, 0.05) is 17.9 Å². The van der Waals surface area contributed by atoms with Crippen molar-refractivity contribution in [3.8, 4) is 5.75 Å². The van der Waals surface area contributed by atoms with Crippen LogP contribution < -0.4 is 10.5 Å². The van der Waals surface area contributed by atoms with E-state index >= 15 is 0 Å². The first kappa shape index (κ1) is 12.9. The van der Waals surface area contributed by atoms with Gasteiger partial charge in [0.15, 0.2) is 11.6 Å². The monoisotopic (exact) mass is 270 g/mol. The Balaban J connectivity index is 1.95. The lowest BCUT2D eigenvalue weighted by Gasteiger charge is -2.04. The average molecular weight is 270 g/mol. The number of thiazole rings is 1. The first-order valence-electron chi connectivity index (χ1n) is 5.40. The Bertz CT molecular complexity index is 531. The standard InChI is InChI=1S/C12H12F2N2OS/c13-10-2-1-9(5-11(10)14)17-6-12-16-8(3-4-15)7-18-12/h1-2,5,7H,3-4,6,15H2. The molecular weight excluding hydrogens is 258 g/mol. The van der Waals surface area contributed by atoms with Crippen LogP contribution in [0, 0.1) is 11.6 Å². The molecule has 0 aliphatic heterocycles. The number of ether oxygens (including phenoxy) is 1. The van der Waals surface area contributed by atoms with Gasteiger partial charge in [0.1, 0.15) is 17.4 Å². The number of benzene rings is 1. The van der Waals surface area contributed by atoms with Crippen molar-refractivity contribution in [3.63, 3.8) is 0 Å². The zero-order chi connectivity index (χ0) is 13.0. The number of nitrogens with two attached hydrogens (primary N) is 1. The number of hydrogen-bond donors (Lipinski definition) is 1. The quantitative estimate of drug-likeness (QED) is 0.908. The van der Waals surface area contributed by atoms with E-state index in [0.29, 0.717) is 6.54 Å². The van der Waals surface area contributed by atoms with Gasteiger partial charge in [-0.3, -0.25) is 0 Å². The van der Waals surface area contributed by atoms with Gasteiger partial charge in [-0.05, 0) is 18.7 Å². The van der Waals surface area contributed by atoms with Gasteiger partial charge in [-0.25, -0.2) is 13.8 Å². The molecule has 6 heteroatoms. The number of aromatic nitrogens is 1. The molecule has 0 saturated heterocycles. The molecule has 18 heavy (non-hydrogen) atoms. The Morgan fingerprint density at radius 3 is 2.83 bits per heavy atom. The van der Waals surface area contributed by atoms with Crippen LogP contribution in [0.25, 0.3) is 0 Å². The molecule has 2 aromatic rings. The lowest BCUT2D eigenvalue weighted by atomic mass is 10.3. The van der Waals surface area contributed by atoms with E-state index < -0.39 is 11.6 Å². The first-order valence-corrected chi connectivity index (χ1v) is 6.28. The van der Waals surface area contributed by atoms with Crippen LogP contribution in [0.4, 0.5) is 8.78 Å². The third-order valence-corrected chi connectivity index (χ3v) is 3.12. The van der Waals surface area contributed by atoms with Crippen LogP contribution in [-0.2, 0) is 13.0 Å². The summed E-state index contributed by atoms with van der Waals surface area (Å²) in [6.45, 7) is 0.785. The lowest BCUT2D eigenvalue weighted by Crippen LogP contribution is -2.03. The van der Waals surface area contributed by atoms with Crippen LogP contribution in [0.3, 0.4) is 0 Å². The largest absolute Gasteiger partial charge is 0.486 e. The van der Waals surface area contributed by atoms with Crippen LogP contribution in [0.15, 0.2) is 23.6 Å². The second-order valence-electron chi connectivity index (χ2n) is 3.64. The Labute approximate surface area is 107 Å². The van der Waals surface area contributed by atoms with Crippen molar-refractivity contribution >= 4 is 11.3 Å². The number of hydrogen-bond acceptors (Lipinski definition) is 4. The smallest absolute Gasteiger partial charge is 0.162 e. The molecule has 0 spiro atoms. The number of nitrogens with zero attached hydrogens (tertiary/aromatic N) is 1. The molecular formula is C12H12F2N2OS. The Kier molecular flexibility index (Phi) is 4.22. The molecule has 0 amide bonds. The molecule has 0 bridgehead atoms. The SMILES string of the molecule is NCCc1csc(COc2ccc(F)c(F)c2)n1. The summed E-state index contributed by atoms with van der Waals surface area (Å²) in [4.78, 5) is 4.30. The van der Waals surface area contributed by atoms with Crippen LogP contribution in [-0.4, -0.2) is 11.5 Å². The summed E-state index contributed by atoms with van der Waals surface area (Å²) in [5.41, 5.74) is 6.34. The van der Waals surface area contributed by atoms with Crippen molar-refractivity contribution in [3.05, 3.63) is 45.9 Å². The Morgan fingerprint density at radius 1 is 1.28 bits per heavy atom. The predicted octanol–water partition coefficient (Wildman–Crippen LogP) is 2.50. The molecule has 96 valence electrons. The minimum Gasteiger partial charge on any atom is -0.486 e. The summed E-state index contributed by atoms with van der Waals surface area (Å²) in [5, 5.41) is 2.69. The third-order valence-electron chi connectivity index (χ3n) is 2.25. The molecule has 1 aromatic carbocycles. The highest BCUT2D eigenvalue weighted by atomic mass is 32.1. The minimum atomic E-state index is -0.921. The van der Waals surface area contributed by atoms with Crippen LogP contribution in [0.2, 0.25) is 0 Å². The molecule has 0 fully saturated rings. The van der Waals surface area contributed by atoms with Crippen molar-refractivity contribution in [2.75, 3.05) is 6.54 Å². The van der Waals surface area contributed by atoms with E-state index in [1.165, 1.54) is 17.4 Å². The van der Waals surface area contributed by atoms with Crippen molar-refractivity contribution in [1.82, 2.24) is 4.98 Å². The van der Waals surface area contributed by atoms with Gasteiger partial charge >= 0.3 is 0 Å². The zero-order valence-electron chi connectivity index (χ0n) is 9.53. The molecule has 0 aliphatic carbocycles. The second kappa shape index (κ2) is 5.88. The highest BCUT2D eigenvalue weighted by Crippen LogP contribution is 2.18. The van der Waals surface area contributed by atoms with E-state index in [1.807, 2.05) is 5.38 Å². The number of rotatable bonds is 5. The van der Waals surface area contributed by atoms with Gasteiger partial charge in [-0.1, -0.05) is 0 Å². The van der Waals surface area contributed by atoms with Crippen molar-refractivity contribution in [2.24, 2.45) is 5.73 Å². The fraction of sp³-hybridized carbons (Fsp3) is 0.250. The van der Waals surface area contributed by atoms with E-state index in [9.17, 15) is 8.78 Å². The summed E-state index contributed by atoms with van der Waals surface area (Å²) in [6.07, 6.45) is 0.724. The van der Waals surface area contributed by atoms with Gasteiger partial charge < -0.3 is 10.5 Å². The maximum Gasteiger partial charge on any atom is 0.162 e. The maximum absolute atomic E-state index is 12.9. The van der Waals surface area contributed by atoms with Crippen LogP contribution in [0.5, 0.6) is 5.75 Å². The summed E-state index contributed by atoms with van der Waals surface area (Å²) < 4.78 is 31.0. The molecule has 2 N–H and O–H groups in total. The van der Waals surface area contributed by atoms with Crippen molar-refractivity contribution in [1.29, 1.82) is 0 Å². The van der Waals surface area contributed by atoms with E-state index in [2.05, 4.69) is 4.98 Å². The first-order chi connectivity index (χ1) is 8.69. The summed E-state index contributed by atoms with van der Waals surface area (Å²) in [7, 11) is 0. The highest BCUT2D eigenvalue weighted by Gasteiger charge is 2.05. The molecule has 0 aliphatic rings. The van der Waals surface area contributed by atoms with Crippen LogP contribution in [0.1, 0.15) is 10.7 Å². The summed E-state index contributed by atoms with van der Waals surface area (Å²) in [5.74, 6) is -1.53. The molecule has 1 aromatic heterocycles. The fourth-order valence-corrected chi connectivity index (χ4v) is 2.13. The molecule has 2 rings (SSSR count). The van der Waals surface area contributed by atoms with Gasteiger partial charge in [-0.2, -0.15) is 0 Å². The molecule has 0 radical (unpaired) electrons. The van der Waals surface area contributed by atoms with E-state index in [0.717, 1.165) is 29.3 Å². The lowest BCUT2D eigenvalue weighted by molar-refractivity contribution is 0.302. The van der Waals surface area contributed by atoms with Gasteiger partial charge in [0.05, 0.1) is 5.69 Å². The summed E-state index contributed by atoms with van der Waals surface area (Å²) >= 11 is 1.46. The zero-order valence-corrected chi connectivity index (χ0v) is 10.3. The van der Waals surface area contributed by atoms with Gasteiger partial charge in [0.2, 0.25) is 0 Å². The third kappa shape index (κ3) is 3.24. The predicted molar refractivity (Wildman–Crippen MR) is 65.6 cm³/mol. The van der Waals surface area contributed by atoms with E-state index in [-0.39, 0.29) is 12.4 Å². The fourth-order valence-electron chi connectivity index (χ4n) is 1.39. The molecule has 3 nitrogen and oxygen atoms in total. The van der Waals surface area contributed by atoms with E-state index in [1.54, 1.807) is 0 Å². The molecule has 0 unspecified atom stereocenters. The number of halogens is 2. The summed E-state index contributed by atoms with van der Waals surface area (Å²) in [6, 6.07) is 3.43. The van der Waals surface area contributed by atoms with Gasteiger partial charge in [0.25, 0.3) is 0 Å². The molecule has 1 heterocycles. The van der Waals surface area contributed by atoms with Crippen molar-refractivity contribution in [2.45, 2.75) is 13.0 Å². The molecule has 0 atom stereocenters. The van der Waals surface area contributed by atoms with E-state index in [4.69, 9.17) is 10.5 Å². The minimum absolute atomic E-state index is 0.236. The second-order valence-corrected chi connectivity index (χ2v) is 4.58.